The summed E-state index contributed by atoms with van der Waals surface area (Å²) >= 11 is 0. The minimum atomic E-state index is -2.88. The van der Waals surface area contributed by atoms with E-state index < -0.39 is 24.2 Å². The van der Waals surface area contributed by atoms with Crippen molar-refractivity contribution in [1.29, 1.82) is 0 Å². The molecule has 0 atom stereocenters. The number of hydrogen-bond acceptors (Lipinski definition) is 2. The molecule has 0 unspecified atom stereocenters. The third-order valence-electron chi connectivity index (χ3n) is 5.01. The molecule has 0 bridgehead atoms. The molecule has 1 amide bonds. The number of nitrogens with zero attached hydrogens (tertiary/aromatic N) is 1. The normalized spacial score (nSPS) is 20.9. The van der Waals surface area contributed by atoms with Crippen LogP contribution in [0, 0.1) is 12.7 Å². The Kier molecular flexibility index (Phi) is 6.38. The largest absolute Gasteiger partial charge is 0.333 e. The van der Waals surface area contributed by atoms with Crippen LogP contribution in [0.5, 0.6) is 0 Å². The van der Waals surface area contributed by atoms with E-state index in [1.807, 2.05) is 6.07 Å². The summed E-state index contributed by atoms with van der Waals surface area (Å²) in [6, 6.07) is 3.26. The van der Waals surface area contributed by atoms with Gasteiger partial charge in [0.15, 0.2) is 0 Å². The molecule has 0 aliphatic carbocycles. The van der Waals surface area contributed by atoms with Crippen LogP contribution in [-0.4, -0.2) is 42.9 Å². The highest BCUT2D eigenvalue weighted by molar-refractivity contribution is 5.96. The summed E-state index contributed by atoms with van der Waals surface area (Å²) in [4.78, 5) is 13.6. The molecule has 7 heteroatoms. The molecular formula is C18H24ClF3N2O. The average Bonchev–Trinajstić information content (AvgIpc) is 2.54. The molecule has 2 aliphatic rings. The summed E-state index contributed by atoms with van der Waals surface area (Å²) in [5.74, 6) is -3.82. The lowest BCUT2D eigenvalue weighted by atomic mass is 9.88. The fourth-order valence-electron chi connectivity index (χ4n) is 3.73. The van der Waals surface area contributed by atoms with Crippen molar-refractivity contribution in [3.05, 3.63) is 34.6 Å². The van der Waals surface area contributed by atoms with E-state index in [0.717, 1.165) is 36.4 Å². The minimum absolute atomic E-state index is 0. The number of alkyl halides is 2. The maximum absolute atomic E-state index is 14.6. The molecule has 0 aromatic heterocycles. The number of nitrogens with one attached hydrogen (secondary N) is 1. The number of hydrogen-bond donors (Lipinski definition) is 1. The fourth-order valence-corrected chi connectivity index (χ4v) is 3.73. The van der Waals surface area contributed by atoms with E-state index >= 15 is 0 Å². The van der Waals surface area contributed by atoms with Crippen LogP contribution in [0.3, 0.4) is 0 Å². The van der Waals surface area contributed by atoms with Gasteiger partial charge in [0.25, 0.3) is 11.8 Å². The standard InChI is InChI=1S/C18H23F3N2O.ClH/c1-12-9-14(13-3-6-22-7-4-13)10-15(19)16(12)17(24)23-8-2-5-18(20,21)11-23;/h9-10,13,22H,2-8,11H2,1H3;1H. The Bertz CT molecular complexity index is 610. The first-order valence-corrected chi connectivity index (χ1v) is 8.55. The average molecular weight is 377 g/mol. The molecule has 0 radical (unpaired) electrons. The van der Waals surface area contributed by atoms with Crippen molar-refractivity contribution in [3.63, 3.8) is 0 Å². The zero-order valence-corrected chi connectivity index (χ0v) is 15.1. The Hall–Kier alpha value is -1.27. The van der Waals surface area contributed by atoms with Gasteiger partial charge in [0.05, 0.1) is 12.1 Å². The van der Waals surface area contributed by atoms with E-state index in [4.69, 9.17) is 0 Å². The molecule has 140 valence electrons. The van der Waals surface area contributed by atoms with E-state index in [-0.39, 0.29) is 43.3 Å². The van der Waals surface area contributed by atoms with E-state index in [1.54, 1.807) is 6.92 Å². The number of aryl methyl sites for hydroxylation is 1. The highest BCUT2D eigenvalue weighted by Crippen LogP contribution is 2.31. The van der Waals surface area contributed by atoms with E-state index in [9.17, 15) is 18.0 Å². The van der Waals surface area contributed by atoms with E-state index in [0.29, 0.717) is 5.56 Å². The van der Waals surface area contributed by atoms with Gasteiger partial charge in [-0.2, -0.15) is 0 Å². The number of halogens is 4. The molecule has 2 heterocycles. The number of carbonyl (C=O) groups excluding carboxylic acids is 1. The third-order valence-corrected chi connectivity index (χ3v) is 5.01. The van der Waals surface area contributed by atoms with Gasteiger partial charge >= 0.3 is 0 Å². The molecule has 2 aliphatic heterocycles. The number of carbonyl (C=O) groups is 1. The van der Waals surface area contributed by atoms with Gasteiger partial charge in [-0.1, -0.05) is 6.07 Å². The summed E-state index contributed by atoms with van der Waals surface area (Å²) in [7, 11) is 0. The highest BCUT2D eigenvalue weighted by Gasteiger charge is 2.38. The second kappa shape index (κ2) is 7.96. The molecule has 1 aromatic carbocycles. The van der Waals surface area contributed by atoms with Crippen molar-refractivity contribution < 1.29 is 18.0 Å². The number of benzene rings is 1. The quantitative estimate of drug-likeness (QED) is 0.849. The highest BCUT2D eigenvalue weighted by atomic mass is 35.5. The predicted octanol–water partition coefficient (Wildman–Crippen LogP) is 3.89. The number of piperidine rings is 2. The number of amides is 1. The first-order chi connectivity index (χ1) is 11.4. The lowest BCUT2D eigenvalue weighted by molar-refractivity contribution is -0.0561. The van der Waals surface area contributed by atoms with Crippen LogP contribution in [0.25, 0.3) is 0 Å². The molecule has 0 spiro atoms. The minimum Gasteiger partial charge on any atom is -0.333 e. The van der Waals surface area contributed by atoms with Crippen LogP contribution < -0.4 is 5.32 Å². The summed E-state index contributed by atoms with van der Waals surface area (Å²) in [5, 5.41) is 3.27. The lowest BCUT2D eigenvalue weighted by Gasteiger charge is -2.33. The Morgan fingerprint density at radius 2 is 1.96 bits per heavy atom. The van der Waals surface area contributed by atoms with Gasteiger partial charge in [0, 0.05) is 13.0 Å². The first kappa shape index (κ1) is 20.0. The third kappa shape index (κ3) is 4.47. The molecule has 1 aromatic rings. The molecule has 2 saturated heterocycles. The molecule has 1 N–H and O–H groups in total. The van der Waals surface area contributed by atoms with Crippen molar-refractivity contribution in [2.75, 3.05) is 26.2 Å². The SMILES string of the molecule is Cc1cc(C2CCNCC2)cc(F)c1C(=O)N1CCCC(F)(F)C1.Cl. The van der Waals surface area contributed by atoms with Crippen molar-refractivity contribution >= 4 is 18.3 Å². The summed E-state index contributed by atoms with van der Waals surface area (Å²) in [5.41, 5.74) is 1.36. The van der Waals surface area contributed by atoms with E-state index in [1.165, 1.54) is 6.07 Å². The molecule has 25 heavy (non-hydrogen) atoms. The number of likely N-dealkylation sites (tertiary alicyclic amines) is 1. The van der Waals surface area contributed by atoms with Crippen LogP contribution in [0.4, 0.5) is 13.2 Å². The predicted molar refractivity (Wildman–Crippen MR) is 93.3 cm³/mol. The first-order valence-electron chi connectivity index (χ1n) is 8.55. The maximum atomic E-state index is 14.6. The summed E-state index contributed by atoms with van der Waals surface area (Å²) in [6.45, 7) is 3.11. The van der Waals surface area contributed by atoms with Crippen LogP contribution >= 0.6 is 12.4 Å². The second-order valence-electron chi connectivity index (χ2n) is 6.91. The van der Waals surface area contributed by atoms with Gasteiger partial charge in [-0.3, -0.25) is 4.79 Å². The van der Waals surface area contributed by atoms with Crippen LogP contribution in [-0.2, 0) is 0 Å². The van der Waals surface area contributed by atoms with Gasteiger partial charge in [-0.05, 0) is 62.4 Å². The van der Waals surface area contributed by atoms with Gasteiger partial charge in [-0.25, -0.2) is 13.2 Å². The van der Waals surface area contributed by atoms with Crippen LogP contribution in [0.2, 0.25) is 0 Å². The van der Waals surface area contributed by atoms with Gasteiger partial charge < -0.3 is 10.2 Å². The molecule has 3 nitrogen and oxygen atoms in total. The Morgan fingerprint density at radius 1 is 1.28 bits per heavy atom. The smallest absolute Gasteiger partial charge is 0.265 e. The zero-order chi connectivity index (χ0) is 17.3. The summed E-state index contributed by atoms with van der Waals surface area (Å²) < 4.78 is 41.7. The number of rotatable bonds is 2. The topological polar surface area (TPSA) is 32.3 Å². The molecule has 3 rings (SSSR count). The molecular weight excluding hydrogens is 353 g/mol. The van der Waals surface area contributed by atoms with E-state index in [2.05, 4.69) is 5.32 Å². The summed E-state index contributed by atoms with van der Waals surface area (Å²) in [6.07, 6.45) is 1.90. The zero-order valence-electron chi connectivity index (χ0n) is 14.3. The lowest BCUT2D eigenvalue weighted by Crippen LogP contribution is -2.46. The Morgan fingerprint density at radius 3 is 2.56 bits per heavy atom. The van der Waals surface area contributed by atoms with Crippen molar-refractivity contribution in [2.45, 2.75) is 44.4 Å². The Balaban J connectivity index is 0.00000225. The van der Waals surface area contributed by atoms with Crippen LogP contribution in [0.1, 0.15) is 53.1 Å². The van der Waals surface area contributed by atoms with Crippen LogP contribution in [0.15, 0.2) is 12.1 Å². The maximum Gasteiger partial charge on any atom is 0.265 e. The molecule has 2 fully saturated rings. The van der Waals surface area contributed by atoms with Crippen molar-refractivity contribution in [3.8, 4) is 0 Å². The van der Waals surface area contributed by atoms with Gasteiger partial charge in [-0.15, -0.1) is 12.4 Å². The Labute approximate surface area is 152 Å². The fraction of sp³-hybridized carbons (Fsp3) is 0.611. The van der Waals surface area contributed by atoms with Crippen molar-refractivity contribution in [1.82, 2.24) is 10.2 Å². The van der Waals surface area contributed by atoms with Gasteiger partial charge in [0.1, 0.15) is 5.82 Å². The second-order valence-corrected chi connectivity index (χ2v) is 6.91. The molecule has 0 saturated carbocycles. The van der Waals surface area contributed by atoms with Crippen molar-refractivity contribution in [2.24, 2.45) is 0 Å². The van der Waals surface area contributed by atoms with Gasteiger partial charge in [0.2, 0.25) is 0 Å². The monoisotopic (exact) mass is 376 g/mol.